The summed E-state index contributed by atoms with van der Waals surface area (Å²) in [6.45, 7) is 3.92. The number of pyridine rings is 1. The van der Waals surface area contributed by atoms with Gasteiger partial charge in [-0.15, -0.1) is 6.58 Å². The van der Waals surface area contributed by atoms with Gasteiger partial charge in [-0.1, -0.05) is 17.7 Å². The van der Waals surface area contributed by atoms with Gasteiger partial charge in [0.1, 0.15) is 5.15 Å². The van der Waals surface area contributed by atoms with Gasteiger partial charge < -0.3 is 0 Å². The zero-order valence-corrected chi connectivity index (χ0v) is 10.8. The van der Waals surface area contributed by atoms with E-state index in [4.69, 9.17) is 11.6 Å². The van der Waals surface area contributed by atoms with Crippen LogP contribution >= 0.6 is 11.6 Å². The molecule has 1 heterocycles. The minimum atomic E-state index is -3.48. The number of sulfonamides is 1. The molecule has 0 aromatic carbocycles. The summed E-state index contributed by atoms with van der Waals surface area (Å²) in [7, 11) is -3.48. The highest BCUT2D eigenvalue weighted by molar-refractivity contribution is 7.89. The summed E-state index contributed by atoms with van der Waals surface area (Å²) in [6, 6.07) is 2.93. The van der Waals surface area contributed by atoms with Gasteiger partial charge >= 0.3 is 0 Å². The largest absolute Gasteiger partial charge is 0.244 e. The third-order valence-corrected chi connectivity index (χ3v) is 4.69. The van der Waals surface area contributed by atoms with Crippen molar-refractivity contribution < 1.29 is 8.42 Å². The van der Waals surface area contributed by atoms with E-state index in [1.165, 1.54) is 22.6 Å². The summed E-state index contributed by atoms with van der Waals surface area (Å²) >= 11 is 5.71. The van der Waals surface area contributed by atoms with Crippen LogP contribution in [0.15, 0.2) is 35.9 Å². The predicted octanol–water partition coefficient (Wildman–Crippen LogP) is 2.07. The average molecular weight is 273 g/mol. The molecule has 0 unspecified atom stereocenters. The van der Waals surface area contributed by atoms with Gasteiger partial charge in [-0.2, -0.15) is 4.31 Å². The molecule has 1 fully saturated rings. The number of halogens is 1. The lowest BCUT2D eigenvalue weighted by molar-refractivity contribution is 0.436. The van der Waals surface area contributed by atoms with Crippen molar-refractivity contribution in [3.05, 3.63) is 36.1 Å². The smallest absolute Gasteiger partial charge is 0.243 e. The normalized spacial score (nSPS) is 16.1. The number of nitrogens with zero attached hydrogens (tertiary/aromatic N) is 2. The maximum atomic E-state index is 12.3. The van der Waals surface area contributed by atoms with Gasteiger partial charge in [-0.05, 0) is 25.0 Å². The molecule has 1 aliphatic carbocycles. The molecule has 0 N–H and O–H groups in total. The highest BCUT2D eigenvalue weighted by Crippen LogP contribution is 2.32. The van der Waals surface area contributed by atoms with E-state index in [0.717, 1.165) is 12.8 Å². The zero-order chi connectivity index (χ0) is 12.5. The molecule has 0 saturated heterocycles. The highest BCUT2D eigenvalue weighted by Gasteiger charge is 2.37. The molecule has 0 amide bonds. The minimum absolute atomic E-state index is 0.102. The van der Waals surface area contributed by atoms with Crippen molar-refractivity contribution in [1.29, 1.82) is 0 Å². The van der Waals surface area contributed by atoms with Crippen LogP contribution in [0.4, 0.5) is 0 Å². The molecule has 1 saturated carbocycles. The molecular formula is C11H13ClN2O2S. The van der Waals surface area contributed by atoms with E-state index in [1.54, 1.807) is 6.08 Å². The van der Waals surface area contributed by atoms with Gasteiger partial charge in [0.05, 0.1) is 4.90 Å². The maximum Gasteiger partial charge on any atom is 0.243 e. The summed E-state index contributed by atoms with van der Waals surface area (Å²) in [5.74, 6) is 0. The van der Waals surface area contributed by atoms with Gasteiger partial charge in [0.25, 0.3) is 0 Å². The van der Waals surface area contributed by atoms with E-state index >= 15 is 0 Å². The van der Waals surface area contributed by atoms with Crippen molar-refractivity contribution in [1.82, 2.24) is 9.29 Å². The molecule has 0 atom stereocenters. The van der Waals surface area contributed by atoms with E-state index in [-0.39, 0.29) is 16.1 Å². The van der Waals surface area contributed by atoms with Crippen LogP contribution in [0.3, 0.4) is 0 Å². The van der Waals surface area contributed by atoms with E-state index in [1.807, 2.05) is 0 Å². The summed E-state index contributed by atoms with van der Waals surface area (Å²) in [4.78, 5) is 3.97. The summed E-state index contributed by atoms with van der Waals surface area (Å²) in [5, 5.41) is 0.181. The molecule has 0 aliphatic heterocycles. The molecular weight excluding hydrogens is 260 g/mol. The Labute approximate surface area is 106 Å². The molecule has 0 bridgehead atoms. The van der Waals surface area contributed by atoms with E-state index < -0.39 is 10.0 Å². The maximum absolute atomic E-state index is 12.3. The first kappa shape index (κ1) is 12.5. The fourth-order valence-electron chi connectivity index (χ4n) is 1.61. The highest BCUT2D eigenvalue weighted by atomic mass is 35.5. The topological polar surface area (TPSA) is 50.3 Å². The van der Waals surface area contributed by atoms with Crippen molar-refractivity contribution in [3.8, 4) is 0 Å². The number of aromatic nitrogens is 1. The number of hydrogen-bond acceptors (Lipinski definition) is 3. The van der Waals surface area contributed by atoms with Crippen LogP contribution in [-0.2, 0) is 10.0 Å². The lowest BCUT2D eigenvalue weighted by Crippen LogP contribution is -2.33. The first-order valence-corrected chi connectivity index (χ1v) is 7.12. The van der Waals surface area contributed by atoms with Crippen LogP contribution in [0.25, 0.3) is 0 Å². The van der Waals surface area contributed by atoms with Crippen LogP contribution in [-0.4, -0.2) is 30.3 Å². The second-order valence-corrected chi connectivity index (χ2v) is 6.19. The predicted molar refractivity (Wildman–Crippen MR) is 66.4 cm³/mol. The first-order valence-electron chi connectivity index (χ1n) is 5.30. The molecule has 4 nitrogen and oxygen atoms in total. The van der Waals surface area contributed by atoms with E-state index in [2.05, 4.69) is 11.6 Å². The lowest BCUT2D eigenvalue weighted by atomic mass is 10.5. The second kappa shape index (κ2) is 4.76. The zero-order valence-electron chi connectivity index (χ0n) is 9.21. The summed E-state index contributed by atoms with van der Waals surface area (Å²) < 4.78 is 26.2. The molecule has 92 valence electrons. The summed E-state index contributed by atoms with van der Waals surface area (Å²) in [5.41, 5.74) is 0. The van der Waals surface area contributed by atoms with Crippen molar-refractivity contribution in [3.63, 3.8) is 0 Å². The van der Waals surface area contributed by atoms with Crippen molar-refractivity contribution >= 4 is 21.6 Å². The van der Waals surface area contributed by atoms with Crippen molar-refractivity contribution in [2.24, 2.45) is 0 Å². The Morgan fingerprint density at radius 2 is 2.29 bits per heavy atom. The third kappa shape index (κ3) is 2.68. The van der Waals surface area contributed by atoms with Crippen LogP contribution in [0.1, 0.15) is 12.8 Å². The van der Waals surface area contributed by atoms with Crippen LogP contribution in [0.2, 0.25) is 5.15 Å². The Bertz CT molecular complexity index is 526. The first-order chi connectivity index (χ1) is 8.05. The number of hydrogen-bond donors (Lipinski definition) is 0. The molecule has 2 rings (SSSR count). The fraction of sp³-hybridized carbons (Fsp3) is 0.364. The Balaban J connectivity index is 2.36. The van der Waals surface area contributed by atoms with Crippen LogP contribution < -0.4 is 0 Å². The molecule has 1 aromatic rings. The molecule has 0 radical (unpaired) electrons. The molecule has 1 aliphatic rings. The Kier molecular flexibility index (Phi) is 3.51. The van der Waals surface area contributed by atoms with Gasteiger partial charge in [0.15, 0.2) is 0 Å². The van der Waals surface area contributed by atoms with Gasteiger partial charge in [0.2, 0.25) is 10.0 Å². The van der Waals surface area contributed by atoms with Crippen molar-refractivity contribution in [2.75, 3.05) is 6.54 Å². The minimum Gasteiger partial charge on any atom is -0.244 e. The Morgan fingerprint density at radius 1 is 1.59 bits per heavy atom. The van der Waals surface area contributed by atoms with Gasteiger partial charge in [-0.3, -0.25) is 0 Å². The van der Waals surface area contributed by atoms with Crippen LogP contribution in [0.5, 0.6) is 0 Å². The Hall–Kier alpha value is -0.910. The molecule has 6 heteroatoms. The standard InChI is InChI=1S/C11H13ClN2O2S/c1-2-7-14(9-3-4-9)17(15,16)10-5-6-13-11(12)8-10/h2,5-6,8-9H,1,3-4,7H2. The quantitative estimate of drug-likeness (QED) is 0.609. The van der Waals surface area contributed by atoms with Gasteiger partial charge in [0, 0.05) is 18.8 Å². The Morgan fingerprint density at radius 3 is 2.82 bits per heavy atom. The van der Waals surface area contributed by atoms with Crippen molar-refractivity contribution in [2.45, 2.75) is 23.8 Å². The van der Waals surface area contributed by atoms with E-state index in [0.29, 0.717) is 6.54 Å². The lowest BCUT2D eigenvalue weighted by Gasteiger charge is -2.20. The monoisotopic (exact) mass is 272 g/mol. The SMILES string of the molecule is C=CCN(C1CC1)S(=O)(=O)c1ccnc(Cl)c1. The third-order valence-electron chi connectivity index (χ3n) is 2.57. The van der Waals surface area contributed by atoms with Crippen LogP contribution in [0, 0.1) is 0 Å². The fourth-order valence-corrected chi connectivity index (χ4v) is 3.52. The second-order valence-electron chi connectivity index (χ2n) is 3.91. The van der Waals surface area contributed by atoms with Gasteiger partial charge in [-0.25, -0.2) is 13.4 Å². The molecule has 1 aromatic heterocycles. The van der Waals surface area contributed by atoms with E-state index in [9.17, 15) is 8.42 Å². The summed E-state index contributed by atoms with van der Waals surface area (Å²) in [6.07, 6.45) is 4.81. The molecule has 17 heavy (non-hydrogen) atoms. The molecule has 0 spiro atoms. The average Bonchev–Trinajstić information content (AvgIpc) is 3.09. The number of rotatable bonds is 5.